The summed E-state index contributed by atoms with van der Waals surface area (Å²) in [5.41, 5.74) is 5.36. The minimum atomic E-state index is 0.0156. The van der Waals surface area contributed by atoms with E-state index in [0.717, 1.165) is 0 Å². The van der Waals surface area contributed by atoms with Crippen molar-refractivity contribution in [1.82, 2.24) is 0 Å². The molecule has 0 rings (SSSR count). The lowest BCUT2D eigenvalue weighted by Gasteiger charge is -2.13. The van der Waals surface area contributed by atoms with E-state index in [1.165, 1.54) is 0 Å². The first kappa shape index (κ1) is 7.45. The molecule has 0 unspecified atom stereocenters. The van der Waals surface area contributed by atoms with Gasteiger partial charge in [-0.3, -0.25) is 0 Å². The van der Waals surface area contributed by atoms with Gasteiger partial charge in [-0.1, -0.05) is 13.8 Å². The molecular weight excluding hydrogens is 100 g/mol. The molecule has 0 aromatic rings. The molecule has 2 heteroatoms. The van der Waals surface area contributed by atoms with E-state index in [-0.39, 0.29) is 5.41 Å². The zero-order valence-electron chi connectivity index (χ0n) is 5.44. The van der Waals surface area contributed by atoms with E-state index in [1.807, 2.05) is 13.8 Å². The Balaban J connectivity index is 3.58. The van der Waals surface area contributed by atoms with Gasteiger partial charge in [0.15, 0.2) is 0 Å². The normalized spacial score (nSPS) is 10.8. The van der Waals surface area contributed by atoms with E-state index in [4.69, 9.17) is 12.3 Å². The van der Waals surface area contributed by atoms with Gasteiger partial charge in [-0.05, 0) is 0 Å². The molecule has 0 radical (unpaired) electrons. The van der Waals surface area contributed by atoms with Crippen LogP contribution >= 0.6 is 0 Å². The Kier molecular flexibility index (Phi) is 2.50. The summed E-state index contributed by atoms with van der Waals surface area (Å²) in [5, 5.41) is 0. The molecule has 2 nitrogen and oxygen atoms in total. The number of nitrogens with zero attached hydrogens (tertiary/aromatic N) is 1. The molecule has 0 aliphatic rings. The molecular formula is C6H12N2. The monoisotopic (exact) mass is 112 g/mol. The predicted octanol–water partition coefficient (Wildman–Crippen LogP) is 0.891. The fraction of sp³-hybridized carbons (Fsp3) is 0.833. The van der Waals surface area contributed by atoms with Gasteiger partial charge in [0.25, 0.3) is 0 Å². The van der Waals surface area contributed by atoms with E-state index in [9.17, 15) is 0 Å². The van der Waals surface area contributed by atoms with Crippen LogP contribution in [0, 0.1) is 12.0 Å². The third kappa shape index (κ3) is 2.59. The van der Waals surface area contributed by atoms with Crippen LogP contribution < -0.4 is 5.73 Å². The van der Waals surface area contributed by atoms with Crippen LogP contribution in [-0.4, -0.2) is 13.1 Å². The van der Waals surface area contributed by atoms with Crippen LogP contribution in [0.15, 0.2) is 0 Å². The molecule has 0 aromatic carbocycles. The summed E-state index contributed by atoms with van der Waals surface area (Å²) < 4.78 is 0. The minimum absolute atomic E-state index is 0.0156. The third-order valence-corrected chi connectivity index (χ3v) is 1.06. The SMILES string of the molecule is [C-]#[N+]CC(C)(C)CN. The Hall–Kier alpha value is -0.550. The second-order valence-corrected chi connectivity index (χ2v) is 2.68. The molecule has 0 saturated carbocycles. The average Bonchev–Trinajstić information content (AvgIpc) is 1.67. The van der Waals surface area contributed by atoms with Crippen molar-refractivity contribution in [2.24, 2.45) is 11.1 Å². The number of rotatable bonds is 2. The fourth-order valence-electron chi connectivity index (χ4n) is 0.279. The van der Waals surface area contributed by atoms with Crippen LogP contribution in [0.1, 0.15) is 13.8 Å². The number of hydrogen-bond donors (Lipinski definition) is 1. The summed E-state index contributed by atoms with van der Waals surface area (Å²) in [6.07, 6.45) is 0. The standard InChI is InChI=1S/C6H12N2/c1-6(2,4-7)5-8-3/h4-5,7H2,1-2H3. The van der Waals surface area contributed by atoms with Crippen molar-refractivity contribution >= 4 is 0 Å². The minimum Gasteiger partial charge on any atom is -0.330 e. The third-order valence-electron chi connectivity index (χ3n) is 1.06. The zero-order valence-corrected chi connectivity index (χ0v) is 5.44. The Labute approximate surface area is 50.5 Å². The summed E-state index contributed by atoms with van der Waals surface area (Å²) in [5.74, 6) is 0. The summed E-state index contributed by atoms with van der Waals surface area (Å²) in [7, 11) is 0. The van der Waals surface area contributed by atoms with Crippen molar-refractivity contribution in [2.45, 2.75) is 13.8 Å². The van der Waals surface area contributed by atoms with Gasteiger partial charge >= 0.3 is 0 Å². The van der Waals surface area contributed by atoms with Crippen molar-refractivity contribution in [1.29, 1.82) is 0 Å². The molecule has 0 amide bonds. The summed E-state index contributed by atoms with van der Waals surface area (Å²) in [4.78, 5) is 3.25. The van der Waals surface area contributed by atoms with E-state index in [2.05, 4.69) is 4.85 Å². The maximum atomic E-state index is 6.53. The Morgan fingerprint density at radius 1 is 1.62 bits per heavy atom. The second kappa shape index (κ2) is 2.68. The van der Waals surface area contributed by atoms with Crippen molar-refractivity contribution in [3.8, 4) is 0 Å². The molecule has 0 aromatic heterocycles. The molecule has 2 N–H and O–H groups in total. The van der Waals surface area contributed by atoms with Crippen LogP contribution in [0.3, 0.4) is 0 Å². The summed E-state index contributed by atoms with van der Waals surface area (Å²) in [6.45, 7) is 11.6. The first-order valence-corrected chi connectivity index (χ1v) is 2.66. The van der Waals surface area contributed by atoms with Gasteiger partial charge in [0, 0.05) is 12.0 Å². The maximum Gasteiger partial charge on any atom is 0.220 e. The lowest BCUT2D eigenvalue weighted by molar-refractivity contribution is 0.416. The largest absolute Gasteiger partial charge is 0.330 e. The highest BCUT2D eigenvalue weighted by atomic mass is 14.7. The molecule has 0 saturated heterocycles. The van der Waals surface area contributed by atoms with Gasteiger partial charge in [-0.15, -0.1) is 0 Å². The highest BCUT2D eigenvalue weighted by molar-refractivity contribution is 4.78. The quantitative estimate of drug-likeness (QED) is 0.528. The molecule has 0 aliphatic carbocycles. The molecule has 0 heterocycles. The molecule has 8 heavy (non-hydrogen) atoms. The van der Waals surface area contributed by atoms with Gasteiger partial charge in [0.05, 0.1) is 0 Å². The zero-order chi connectivity index (χ0) is 6.62. The topological polar surface area (TPSA) is 30.4 Å². The van der Waals surface area contributed by atoms with Gasteiger partial charge in [0.1, 0.15) is 0 Å². The summed E-state index contributed by atoms with van der Waals surface area (Å²) >= 11 is 0. The lowest BCUT2D eigenvalue weighted by atomic mass is 9.94. The van der Waals surface area contributed by atoms with Crippen LogP contribution in [-0.2, 0) is 0 Å². The van der Waals surface area contributed by atoms with Crippen molar-refractivity contribution in [3.05, 3.63) is 11.4 Å². The van der Waals surface area contributed by atoms with E-state index in [0.29, 0.717) is 13.1 Å². The van der Waals surface area contributed by atoms with Crippen LogP contribution in [0.4, 0.5) is 0 Å². The van der Waals surface area contributed by atoms with Crippen LogP contribution in [0.25, 0.3) is 4.85 Å². The molecule has 46 valence electrons. The van der Waals surface area contributed by atoms with Gasteiger partial charge < -0.3 is 10.6 Å². The highest BCUT2D eigenvalue weighted by Gasteiger charge is 2.17. The molecule has 0 fully saturated rings. The Bertz CT molecular complexity index is 99.6. The molecule has 0 bridgehead atoms. The van der Waals surface area contributed by atoms with Crippen molar-refractivity contribution in [3.63, 3.8) is 0 Å². The van der Waals surface area contributed by atoms with Crippen LogP contribution in [0.2, 0.25) is 0 Å². The second-order valence-electron chi connectivity index (χ2n) is 2.68. The van der Waals surface area contributed by atoms with E-state index in [1.54, 1.807) is 0 Å². The van der Waals surface area contributed by atoms with Crippen LogP contribution in [0.5, 0.6) is 0 Å². The smallest absolute Gasteiger partial charge is 0.220 e. The molecule has 0 spiro atoms. The number of nitrogens with two attached hydrogens (primary N) is 1. The maximum absolute atomic E-state index is 6.53. The van der Waals surface area contributed by atoms with E-state index >= 15 is 0 Å². The lowest BCUT2D eigenvalue weighted by Crippen LogP contribution is -2.25. The number of hydrogen-bond acceptors (Lipinski definition) is 1. The molecule has 0 aliphatic heterocycles. The summed E-state index contributed by atoms with van der Waals surface area (Å²) in [6, 6.07) is 0. The molecule has 0 atom stereocenters. The fourth-order valence-corrected chi connectivity index (χ4v) is 0.279. The first-order valence-electron chi connectivity index (χ1n) is 2.66. The first-order chi connectivity index (χ1) is 3.62. The van der Waals surface area contributed by atoms with Crippen molar-refractivity contribution in [2.75, 3.05) is 13.1 Å². The average molecular weight is 112 g/mol. The van der Waals surface area contributed by atoms with Gasteiger partial charge in [-0.2, -0.15) is 0 Å². The van der Waals surface area contributed by atoms with Gasteiger partial charge in [-0.25, -0.2) is 6.57 Å². The highest BCUT2D eigenvalue weighted by Crippen LogP contribution is 2.11. The Morgan fingerprint density at radius 3 is 2.25 bits per heavy atom. The Morgan fingerprint density at radius 2 is 2.12 bits per heavy atom. The van der Waals surface area contributed by atoms with Crippen molar-refractivity contribution < 1.29 is 0 Å². The van der Waals surface area contributed by atoms with E-state index < -0.39 is 0 Å². The van der Waals surface area contributed by atoms with Gasteiger partial charge in [0.2, 0.25) is 6.54 Å². The predicted molar refractivity (Wildman–Crippen MR) is 34.3 cm³/mol.